The number of halogens is 1. The number of aryl methyl sites for hydroxylation is 1. The van der Waals surface area contributed by atoms with Crippen LogP contribution < -0.4 is 10.2 Å². The quantitative estimate of drug-likeness (QED) is 0.847. The molecule has 1 N–H and O–H groups in total. The molecule has 0 saturated heterocycles. The maximum Gasteiger partial charge on any atom is 0.126 e. The minimum atomic E-state index is -0.127. The maximum absolute atomic E-state index is 13.7. The molecule has 17 heavy (non-hydrogen) atoms. The lowest BCUT2D eigenvalue weighted by Crippen LogP contribution is -2.25. The second-order valence-electron chi connectivity index (χ2n) is 4.34. The molecule has 1 aromatic rings. The summed E-state index contributed by atoms with van der Waals surface area (Å²) in [6.45, 7) is 9.98. The summed E-state index contributed by atoms with van der Waals surface area (Å²) in [5, 5.41) is 3.18. The lowest BCUT2D eigenvalue weighted by molar-refractivity contribution is 0.599. The van der Waals surface area contributed by atoms with Crippen molar-refractivity contribution in [2.45, 2.75) is 33.7 Å². The Bertz CT molecular complexity index is 373. The fraction of sp³-hybridized carbons (Fsp3) is 0.571. The van der Waals surface area contributed by atoms with E-state index < -0.39 is 0 Å². The Morgan fingerprint density at radius 2 is 1.88 bits per heavy atom. The van der Waals surface area contributed by atoms with Gasteiger partial charge in [-0.2, -0.15) is 0 Å². The van der Waals surface area contributed by atoms with E-state index in [9.17, 15) is 4.39 Å². The van der Waals surface area contributed by atoms with Crippen LogP contribution in [0.3, 0.4) is 0 Å². The lowest BCUT2D eigenvalue weighted by Gasteiger charge is -2.27. The van der Waals surface area contributed by atoms with Crippen molar-refractivity contribution in [2.75, 3.05) is 25.0 Å². The summed E-state index contributed by atoms with van der Waals surface area (Å²) in [5.41, 5.74) is 2.87. The summed E-state index contributed by atoms with van der Waals surface area (Å²) in [5.74, 6) is -0.127. The molecular weight excluding hydrogens is 215 g/mol. The number of nitrogens with zero attached hydrogens (tertiary/aromatic N) is 1. The van der Waals surface area contributed by atoms with Crippen molar-refractivity contribution in [3.8, 4) is 0 Å². The van der Waals surface area contributed by atoms with E-state index in [4.69, 9.17) is 0 Å². The van der Waals surface area contributed by atoms with Crippen molar-refractivity contribution >= 4 is 5.69 Å². The zero-order chi connectivity index (χ0) is 13.0. The van der Waals surface area contributed by atoms with Crippen molar-refractivity contribution in [1.29, 1.82) is 0 Å². The van der Waals surface area contributed by atoms with Gasteiger partial charge >= 0.3 is 0 Å². The molecule has 1 rings (SSSR count). The van der Waals surface area contributed by atoms with E-state index in [2.05, 4.69) is 31.0 Å². The molecule has 0 spiro atoms. The average Bonchev–Trinajstić information content (AvgIpc) is 2.33. The number of hydrogen-bond donors (Lipinski definition) is 1. The topological polar surface area (TPSA) is 15.3 Å². The van der Waals surface area contributed by atoms with Gasteiger partial charge in [-0.05, 0) is 58.0 Å². The zero-order valence-electron chi connectivity index (χ0n) is 11.5. The highest BCUT2D eigenvalue weighted by molar-refractivity contribution is 5.57. The normalized spacial score (nSPS) is 12.6. The van der Waals surface area contributed by atoms with Crippen molar-refractivity contribution in [3.63, 3.8) is 0 Å². The third-order valence-corrected chi connectivity index (χ3v) is 3.31. The Labute approximate surface area is 104 Å². The molecule has 0 amide bonds. The molecule has 0 aliphatic heterocycles. The summed E-state index contributed by atoms with van der Waals surface area (Å²) in [6.07, 6.45) is 0. The van der Waals surface area contributed by atoms with Gasteiger partial charge < -0.3 is 10.2 Å². The van der Waals surface area contributed by atoms with Crippen LogP contribution in [0, 0.1) is 12.7 Å². The molecule has 0 heterocycles. The van der Waals surface area contributed by atoms with Crippen molar-refractivity contribution < 1.29 is 4.39 Å². The van der Waals surface area contributed by atoms with Crippen LogP contribution in [0.25, 0.3) is 0 Å². The molecule has 0 bridgehead atoms. The second kappa shape index (κ2) is 6.01. The lowest BCUT2D eigenvalue weighted by atomic mass is 10.0. The molecule has 1 aromatic carbocycles. The van der Waals surface area contributed by atoms with E-state index in [1.807, 2.05) is 20.0 Å². The predicted octanol–water partition coefficient (Wildman–Crippen LogP) is 3.26. The van der Waals surface area contributed by atoms with Gasteiger partial charge in [0.2, 0.25) is 0 Å². The first-order chi connectivity index (χ1) is 8.04. The fourth-order valence-electron chi connectivity index (χ4n) is 2.02. The van der Waals surface area contributed by atoms with Crippen molar-refractivity contribution in [1.82, 2.24) is 5.32 Å². The van der Waals surface area contributed by atoms with E-state index in [-0.39, 0.29) is 11.9 Å². The first-order valence-corrected chi connectivity index (χ1v) is 6.27. The Morgan fingerprint density at radius 1 is 1.29 bits per heavy atom. The van der Waals surface area contributed by atoms with Gasteiger partial charge in [0.05, 0.1) is 0 Å². The van der Waals surface area contributed by atoms with Gasteiger partial charge in [-0.15, -0.1) is 0 Å². The minimum Gasteiger partial charge on any atom is -0.372 e. The van der Waals surface area contributed by atoms with E-state index in [1.54, 1.807) is 6.07 Å². The average molecular weight is 238 g/mol. The molecule has 96 valence electrons. The van der Waals surface area contributed by atoms with Crippen LogP contribution in [0.4, 0.5) is 10.1 Å². The molecule has 3 heteroatoms. The SMILES string of the molecule is CCN(CC)c1cc(C)c(F)cc1C(C)NC. The van der Waals surface area contributed by atoms with Crippen LogP contribution in [0.2, 0.25) is 0 Å². The first kappa shape index (κ1) is 14.0. The molecule has 0 aliphatic carbocycles. The van der Waals surface area contributed by atoms with Crippen LogP contribution in [0.1, 0.15) is 37.9 Å². The molecule has 0 aliphatic rings. The molecule has 1 atom stereocenters. The van der Waals surface area contributed by atoms with E-state index in [1.165, 1.54) is 0 Å². The molecular formula is C14H23FN2. The Hall–Kier alpha value is -1.09. The number of anilines is 1. The van der Waals surface area contributed by atoms with Crippen LogP contribution in [0.15, 0.2) is 12.1 Å². The summed E-state index contributed by atoms with van der Waals surface area (Å²) in [7, 11) is 1.90. The number of benzene rings is 1. The zero-order valence-corrected chi connectivity index (χ0v) is 11.5. The largest absolute Gasteiger partial charge is 0.372 e. The number of nitrogens with one attached hydrogen (secondary N) is 1. The van der Waals surface area contributed by atoms with Gasteiger partial charge in [0.1, 0.15) is 5.82 Å². The van der Waals surface area contributed by atoms with E-state index >= 15 is 0 Å². The standard InChI is InChI=1S/C14H23FN2/c1-6-17(7-2)14-8-10(3)13(15)9-12(14)11(4)16-5/h8-9,11,16H,6-7H2,1-5H3. The van der Waals surface area contributed by atoms with Gasteiger partial charge in [-0.25, -0.2) is 4.39 Å². The third-order valence-electron chi connectivity index (χ3n) is 3.31. The van der Waals surface area contributed by atoms with Crippen LogP contribution in [0.5, 0.6) is 0 Å². The number of hydrogen-bond acceptors (Lipinski definition) is 2. The van der Waals surface area contributed by atoms with Gasteiger partial charge in [-0.3, -0.25) is 0 Å². The van der Waals surface area contributed by atoms with Crippen LogP contribution in [-0.4, -0.2) is 20.1 Å². The Morgan fingerprint density at radius 3 is 2.35 bits per heavy atom. The smallest absolute Gasteiger partial charge is 0.126 e. The van der Waals surface area contributed by atoms with Gasteiger partial charge in [0, 0.05) is 24.8 Å². The molecule has 0 aromatic heterocycles. The van der Waals surface area contributed by atoms with Crippen molar-refractivity contribution in [3.05, 3.63) is 29.1 Å². The minimum absolute atomic E-state index is 0.127. The fourth-order valence-corrected chi connectivity index (χ4v) is 2.02. The maximum atomic E-state index is 13.7. The van der Waals surface area contributed by atoms with Gasteiger partial charge in [-0.1, -0.05) is 0 Å². The summed E-state index contributed by atoms with van der Waals surface area (Å²) < 4.78 is 13.7. The summed E-state index contributed by atoms with van der Waals surface area (Å²) in [6, 6.07) is 3.76. The highest BCUT2D eigenvalue weighted by Gasteiger charge is 2.15. The van der Waals surface area contributed by atoms with Gasteiger partial charge in [0.15, 0.2) is 0 Å². The Kier molecular flexibility index (Phi) is 4.94. The van der Waals surface area contributed by atoms with E-state index in [0.29, 0.717) is 5.56 Å². The summed E-state index contributed by atoms with van der Waals surface area (Å²) in [4.78, 5) is 2.26. The molecule has 0 radical (unpaired) electrons. The number of rotatable bonds is 5. The molecule has 1 unspecified atom stereocenters. The van der Waals surface area contributed by atoms with Gasteiger partial charge in [0.25, 0.3) is 0 Å². The third kappa shape index (κ3) is 2.97. The Balaban J connectivity index is 3.29. The molecule has 0 fully saturated rings. The van der Waals surface area contributed by atoms with E-state index in [0.717, 1.165) is 24.3 Å². The highest BCUT2D eigenvalue weighted by Crippen LogP contribution is 2.29. The van der Waals surface area contributed by atoms with Crippen molar-refractivity contribution in [2.24, 2.45) is 0 Å². The molecule has 0 saturated carbocycles. The second-order valence-corrected chi connectivity index (χ2v) is 4.34. The first-order valence-electron chi connectivity index (χ1n) is 6.27. The monoisotopic (exact) mass is 238 g/mol. The molecule has 2 nitrogen and oxygen atoms in total. The predicted molar refractivity (Wildman–Crippen MR) is 72.2 cm³/mol. The highest BCUT2D eigenvalue weighted by atomic mass is 19.1. The van der Waals surface area contributed by atoms with Crippen LogP contribution in [-0.2, 0) is 0 Å². The summed E-state index contributed by atoms with van der Waals surface area (Å²) >= 11 is 0. The van der Waals surface area contributed by atoms with Crippen LogP contribution >= 0.6 is 0 Å².